The number of rotatable bonds is 6. The summed E-state index contributed by atoms with van der Waals surface area (Å²) in [6, 6.07) is 6.72. The minimum atomic E-state index is -0.233. The number of Topliss-reactive ketones (excluding diaryl/α,β-unsaturated/α-hetero) is 1. The van der Waals surface area contributed by atoms with E-state index in [2.05, 4.69) is 5.32 Å². The van der Waals surface area contributed by atoms with Crippen molar-refractivity contribution in [3.63, 3.8) is 0 Å². The van der Waals surface area contributed by atoms with Crippen LogP contribution in [0.2, 0.25) is 0 Å². The van der Waals surface area contributed by atoms with Crippen molar-refractivity contribution in [2.75, 3.05) is 19.7 Å². The second kappa shape index (κ2) is 8.49. The molecule has 0 saturated carbocycles. The molecule has 0 fully saturated rings. The highest BCUT2D eigenvalue weighted by Gasteiger charge is 2.04. The van der Waals surface area contributed by atoms with Crippen molar-refractivity contribution in [2.45, 2.75) is 6.92 Å². The van der Waals surface area contributed by atoms with Crippen LogP contribution in [-0.4, -0.2) is 31.4 Å². The van der Waals surface area contributed by atoms with Crippen molar-refractivity contribution in [2.24, 2.45) is 5.73 Å². The van der Waals surface area contributed by atoms with E-state index in [9.17, 15) is 9.59 Å². The highest BCUT2D eigenvalue weighted by atomic mass is 35.5. The topological polar surface area (TPSA) is 81.4 Å². The Morgan fingerprint density at radius 2 is 2.11 bits per heavy atom. The number of hydrogen-bond donors (Lipinski definition) is 2. The SMILES string of the molecule is CC(=O)c1cccc(OCC(=O)NCCN)c1.Cl. The molecule has 0 aliphatic heterocycles. The largest absolute Gasteiger partial charge is 0.484 e. The summed E-state index contributed by atoms with van der Waals surface area (Å²) in [6.45, 7) is 2.22. The number of ether oxygens (including phenoxy) is 1. The van der Waals surface area contributed by atoms with E-state index >= 15 is 0 Å². The molecule has 1 amide bonds. The monoisotopic (exact) mass is 272 g/mol. The quantitative estimate of drug-likeness (QED) is 0.750. The summed E-state index contributed by atoms with van der Waals surface area (Å²) in [4.78, 5) is 22.4. The standard InChI is InChI=1S/C12H16N2O3.ClH/c1-9(15)10-3-2-4-11(7-10)17-8-12(16)14-6-5-13;/h2-4,7H,5-6,8,13H2,1H3,(H,14,16);1H. The lowest BCUT2D eigenvalue weighted by Gasteiger charge is -2.07. The van der Waals surface area contributed by atoms with E-state index in [1.165, 1.54) is 6.92 Å². The molecule has 100 valence electrons. The molecule has 6 heteroatoms. The van der Waals surface area contributed by atoms with Gasteiger partial charge in [-0.25, -0.2) is 0 Å². The molecule has 1 rings (SSSR count). The Bertz CT molecular complexity index is 410. The van der Waals surface area contributed by atoms with Gasteiger partial charge in [-0.15, -0.1) is 12.4 Å². The third kappa shape index (κ3) is 5.65. The number of ketones is 1. The predicted molar refractivity (Wildman–Crippen MR) is 71.3 cm³/mol. The predicted octanol–water partition coefficient (Wildman–Crippen LogP) is 0.765. The number of hydrogen-bond acceptors (Lipinski definition) is 4. The van der Waals surface area contributed by atoms with Gasteiger partial charge in [-0.05, 0) is 19.1 Å². The zero-order valence-electron chi connectivity index (χ0n) is 10.1. The molecule has 0 atom stereocenters. The van der Waals surface area contributed by atoms with E-state index in [1.807, 2.05) is 0 Å². The Hall–Kier alpha value is -1.59. The fourth-order valence-electron chi connectivity index (χ4n) is 1.22. The molecule has 0 aromatic heterocycles. The summed E-state index contributed by atoms with van der Waals surface area (Å²) in [5.74, 6) is 0.229. The second-order valence-electron chi connectivity index (χ2n) is 3.51. The Morgan fingerprint density at radius 3 is 2.72 bits per heavy atom. The maximum Gasteiger partial charge on any atom is 0.257 e. The third-order valence-corrected chi connectivity index (χ3v) is 2.08. The number of nitrogens with one attached hydrogen (secondary N) is 1. The molecule has 0 heterocycles. The molecule has 0 bridgehead atoms. The van der Waals surface area contributed by atoms with Crippen LogP contribution in [0.4, 0.5) is 0 Å². The van der Waals surface area contributed by atoms with Crippen LogP contribution in [0.3, 0.4) is 0 Å². The number of carbonyl (C=O) groups excluding carboxylic acids is 2. The maximum atomic E-state index is 11.2. The minimum Gasteiger partial charge on any atom is -0.484 e. The first-order valence-electron chi connectivity index (χ1n) is 5.34. The van der Waals surface area contributed by atoms with Crippen LogP contribution in [0.1, 0.15) is 17.3 Å². The van der Waals surface area contributed by atoms with Crippen LogP contribution < -0.4 is 15.8 Å². The van der Waals surface area contributed by atoms with Crippen molar-refractivity contribution in [3.8, 4) is 5.75 Å². The molecule has 0 aliphatic rings. The van der Waals surface area contributed by atoms with E-state index in [-0.39, 0.29) is 30.7 Å². The summed E-state index contributed by atoms with van der Waals surface area (Å²) in [6.07, 6.45) is 0. The van der Waals surface area contributed by atoms with Gasteiger partial charge < -0.3 is 15.8 Å². The van der Waals surface area contributed by atoms with Gasteiger partial charge >= 0.3 is 0 Å². The fourth-order valence-corrected chi connectivity index (χ4v) is 1.22. The first-order valence-corrected chi connectivity index (χ1v) is 5.34. The molecule has 5 nitrogen and oxygen atoms in total. The molecule has 0 saturated heterocycles. The molecule has 0 spiro atoms. The molecule has 1 aromatic carbocycles. The van der Waals surface area contributed by atoms with Crippen LogP contribution in [0.5, 0.6) is 5.75 Å². The van der Waals surface area contributed by atoms with Gasteiger partial charge in [0.2, 0.25) is 0 Å². The van der Waals surface area contributed by atoms with Gasteiger partial charge in [-0.1, -0.05) is 12.1 Å². The lowest BCUT2D eigenvalue weighted by molar-refractivity contribution is -0.123. The Labute approximate surface area is 112 Å². The number of carbonyl (C=O) groups is 2. The zero-order valence-corrected chi connectivity index (χ0v) is 11.0. The number of nitrogens with two attached hydrogens (primary N) is 1. The lowest BCUT2D eigenvalue weighted by Crippen LogP contribution is -2.32. The molecule has 18 heavy (non-hydrogen) atoms. The van der Waals surface area contributed by atoms with Crippen LogP contribution >= 0.6 is 12.4 Å². The highest BCUT2D eigenvalue weighted by Crippen LogP contribution is 2.13. The average Bonchev–Trinajstić information content (AvgIpc) is 2.34. The molecular formula is C12H17ClN2O3. The van der Waals surface area contributed by atoms with Crippen molar-refractivity contribution in [1.29, 1.82) is 0 Å². The zero-order chi connectivity index (χ0) is 12.7. The number of benzene rings is 1. The molecule has 0 radical (unpaired) electrons. The first kappa shape index (κ1) is 16.4. The Balaban J connectivity index is 0.00000289. The molecule has 0 unspecified atom stereocenters. The molecule has 0 aliphatic carbocycles. The van der Waals surface area contributed by atoms with E-state index in [4.69, 9.17) is 10.5 Å². The van der Waals surface area contributed by atoms with Gasteiger partial charge in [-0.3, -0.25) is 9.59 Å². The van der Waals surface area contributed by atoms with Crippen molar-refractivity contribution in [3.05, 3.63) is 29.8 Å². The summed E-state index contributed by atoms with van der Waals surface area (Å²) in [7, 11) is 0. The minimum absolute atomic E-state index is 0. The average molecular weight is 273 g/mol. The third-order valence-electron chi connectivity index (χ3n) is 2.08. The van der Waals surface area contributed by atoms with Crippen molar-refractivity contribution in [1.82, 2.24) is 5.32 Å². The van der Waals surface area contributed by atoms with Gasteiger partial charge in [0.1, 0.15) is 5.75 Å². The lowest BCUT2D eigenvalue weighted by atomic mass is 10.1. The summed E-state index contributed by atoms with van der Waals surface area (Å²) < 4.78 is 5.25. The van der Waals surface area contributed by atoms with Crippen LogP contribution in [0.25, 0.3) is 0 Å². The van der Waals surface area contributed by atoms with E-state index in [1.54, 1.807) is 24.3 Å². The van der Waals surface area contributed by atoms with E-state index < -0.39 is 0 Å². The highest BCUT2D eigenvalue weighted by molar-refractivity contribution is 5.94. The molecule has 3 N–H and O–H groups in total. The van der Waals surface area contributed by atoms with Crippen molar-refractivity contribution >= 4 is 24.1 Å². The van der Waals surface area contributed by atoms with Crippen molar-refractivity contribution < 1.29 is 14.3 Å². The van der Waals surface area contributed by atoms with E-state index in [0.717, 1.165) is 0 Å². The van der Waals surface area contributed by atoms with Gasteiger partial charge in [0.15, 0.2) is 12.4 Å². The smallest absolute Gasteiger partial charge is 0.257 e. The van der Waals surface area contributed by atoms with Crippen LogP contribution in [0.15, 0.2) is 24.3 Å². The normalized spacial score (nSPS) is 9.22. The van der Waals surface area contributed by atoms with Gasteiger partial charge in [0.25, 0.3) is 5.91 Å². The van der Waals surface area contributed by atoms with Crippen LogP contribution in [0, 0.1) is 0 Å². The Morgan fingerprint density at radius 1 is 1.39 bits per heavy atom. The Kier molecular flexibility index (Phi) is 7.74. The van der Waals surface area contributed by atoms with E-state index in [0.29, 0.717) is 24.4 Å². The van der Waals surface area contributed by atoms with Gasteiger partial charge in [0, 0.05) is 18.7 Å². The number of halogens is 1. The molecular weight excluding hydrogens is 256 g/mol. The summed E-state index contributed by atoms with van der Waals surface area (Å²) >= 11 is 0. The second-order valence-corrected chi connectivity index (χ2v) is 3.51. The maximum absolute atomic E-state index is 11.2. The fraction of sp³-hybridized carbons (Fsp3) is 0.333. The summed E-state index contributed by atoms with van der Waals surface area (Å²) in [5, 5.41) is 2.58. The first-order chi connectivity index (χ1) is 8.13. The van der Waals surface area contributed by atoms with Crippen LogP contribution in [-0.2, 0) is 4.79 Å². The van der Waals surface area contributed by atoms with Gasteiger partial charge in [-0.2, -0.15) is 0 Å². The molecule has 1 aromatic rings. The summed E-state index contributed by atoms with van der Waals surface area (Å²) in [5.41, 5.74) is 5.80. The van der Waals surface area contributed by atoms with Gasteiger partial charge in [0.05, 0.1) is 0 Å². The number of amides is 1.